The maximum absolute atomic E-state index is 11.6. The number of ether oxygens (including phenoxy) is 1. The van der Waals surface area contributed by atoms with Gasteiger partial charge in [0.1, 0.15) is 5.75 Å². The van der Waals surface area contributed by atoms with Crippen LogP contribution >= 0.6 is 0 Å². The smallest absolute Gasteiger partial charge is 0.400 e. The molecule has 0 fully saturated rings. The van der Waals surface area contributed by atoms with Crippen LogP contribution < -0.4 is 9.96 Å². The third-order valence-corrected chi connectivity index (χ3v) is 3.37. The number of furan rings is 1. The van der Waals surface area contributed by atoms with E-state index in [-0.39, 0.29) is 28.6 Å². The standard InChI is InChI=1S/C15H12BNO5/c1-7(18)11-6-10-12(19)8-4-2-3-5-9(8)13(14(10)21-11)22-15(20)17-16/h2-6,19H,16H2,1H3,(H,17,20). The van der Waals surface area contributed by atoms with Crippen LogP contribution in [0.15, 0.2) is 34.7 Å². The number of hydrogen-bond acceptors (Lipinski definition) is 5. The van der Waals surface area contributed by atoms with Gasteiger partial charge in [-0.15, -0.1) is 0 Å². The van der Waals surface area contributed by atoms with E-state index < -0.39 is 6.09 Å². The fraction of sp³-hybridized carbons (Fsp3) is 0.0667. The molecule has 7 heteroatoms. The Labute approximate surface area is 126 Å². The number of carbonyl (C=O) groups is 2. The number of phenols is 1. The number of nitrogens with one attached hydrogen (secondary N) is 1. The molecule has 2 aromatic carbocycles. The molecule has 0 aliphatic carbocycles. The first-order chi connectivity index (χ1) is 10.5. The lowest BCUT2D eigenvalue weighted by molar-refractivity contribution is 0.0989. The first-order valence-electron chi connectivity index (χ1n) is 6.60. The van der Waals surface area contributed by atoms with Gasteiger partial charge in [0.15, 0.2) is 22.9 Å². The second-order valence-electron chi connectivity index (χ2n) is 4.77. The molecule has 0 bridgehead atoms. The Morgan fingerprint density at radius 3 is 2.55 bits per heavy atom. The average molecular weight is 297 g/mol. The summed E-state index contributed by atoms with van der Waals surface area (Å²) in [6, 6.07) is 8.34. The number of hydrogen-bond donors (Lipinski definition) is 2. The Morgan fingerprint density at radius 1 is 1.23 bits per heavy atom. The topological polar surface area (TPSA) is 88.8 Å². The maximum atomic E-state index is 11.6. The summed E-state index contributed by atoms with van der Waals surface area (Å²) in [5.74, 6) is -0.0609. The van der Waals surface area contributed by atoms with Gasteiger partial charge >= 0.3 is 6.09 Å². The number of carbonyl (C=O) groups excluding carboxylic acids is 2. The number of benzene rings is 2. The highest BCUT2D eigenvalue weighted by atomic mass is 16.6. The second-order valence-corrected chi connectivity index (χ2v) is 4.77. The van der Waals surface area contributed by atoms with Crippen molar-refractivity contribution in [1.82, 2.24) is 5.23 Å². The molecule has 1 amide bonds. The molecule has 0 radical (unpaired) electrons. The average Bonchev–Trinajstić information content (AvgIpc) is 2.97. The number of Topliss-reactive ketones (excluding diaryl/α,β-unsaturated/α-hetero) is 1. The molecule has 0 saturated heterocycles. The van der Waals surface area contributed by atoms with E-state index in [2.05, 4.69) is 5.23 Å². The Balaban J connectivity index is 2.42. The molecule has 6 nitrogen and oxygen atoms in total. The number of aromatic hydroxyl groups is 1. The van der Waals surface area contributed by atoms with E-state index in [0.29, 0.717) is 16.2 Å². The fourth-order valence-electron chi connectivity index (χ4n) is 2.31. The van der Waals surface area contributed by atoms with Gasteiger partial charge in [-0.25, -0.2) is 4.79 Å². The van der Waals surface area contributed by atoms with Crippen LogP contribution in [0.25, 0.3) is 21.7 Å². The quantitative estimate of drug-likeness (QED) is 0.558. The van der Waals surface area contributed by atoms with E-state index in [1.54, 1.807) is 24.3 Å². The van der Waals surface area contributed by atoms with Crippen LogP contribution in [0.2, 0.25) is 0 Å². The van der Waals surface area contributed by atoms with Crippen LogP contribution in [-0.2, 0) is 0 Å². The van der Waals surface area contributed by atoms with Crippen LogP contribution in [0.5, 0.6) is 11.5 Å². The Morgan fingerprint density at radius 2 is 1.91 bits per heavy atom. The SMILES string of the molecule is BNC(=O)Oc1c2ccccc2c(O)c2cc(C(C)=O)oc12. The molecule has 1 aromatic heterocycles. The maximum Gasteiger partial charge on any atom is 0.400 e. The molecule has 0 atom stereocenters. The molecule has 3 aromatic rings. The lowest BCUT2D eigenvalue weighted by Crippen LogP contribution is -2.23. The zero-order valence-corrected chi connectivity index (χ0v) is 12.0. The molecular formula is C15H12BNO5. The zero-order chi connectivity index (χ0) is 15.9. The summed E-state index contributed by atoms with van der Waals surface area (Å²) in [5.41, 5.74) is 0.157. The van der Waals surface area contributed by atoms with Crippen molar-refractivity contribution < 1.29 is 23.8 Å². The normalized spacial score (nSPS) is 10.8. The number of rotatable bonds is 2. The van der Waals surface area contributed by atoms with Crippen molar-refractivity contribution in [2.24, 2.45) is 0 Å². The number of amides is 1. The van der Waals surface area contributed by atoms with E-state index in [0.717, 1.165) is 0 Å². The third kappa shape index (κ3) is 2.07. The minimum atomic E-state index is -0.669. The van der Waals surface area contributed by atoms with Crippen molar-refractivity contribution >= 4 is 41.6 Å². The highest BCUT2D eigenvalue weighted by Crippen LogP contribution is 2.43. The molecule has 22 heavy (non-hydrogen) atoms. The highest BCUT2D eigenvalue weighted by Gasteiger charge is 2.21. The largest absolute Gasteiger partial charge is 0.507 e. The number of phenolic OH excluding ortho intramolecular Hbond substituents is 1. The van der Waals surface area contributed by atoms with Gasteiger partial charge in [-0.1, -0.05) is 24.3 Å². The molecule has 0 aliphatic heterocycles. The summed E-state index contributed by atoms with van der Waals surface area (Å²) < 4.78 is 10.8. The fourth-order valence-corrected chi connectivity index (χ4v) is 2.31. The monoisotopic (exact) mass is 297 g/mol. The summed E-state index contributed by atoms with van der Waals surface area (Å²) in [5, 5.41) is 14.1. The lowest BCUT2D eigenvalue weighted by atomic mass is 10.1. The lowest BCUT2D eigenvalue weighted by Gasteiger charge is -2.10. The van der Waals surface area contributed by atoms with Gasteiger partial charge < -0.3 is 19.5 Å². The zero-order valence-electron chi connectivity index (χ0n) is 12.0. The summed E-state index contributed by atoms with van der Waals surface area (Å²) in [4.78, 5) is 23.1. The predicted octanol–water partition coefficient (Wildman–Crippen LogP) is 2.13. The van der Waals surface area contributed by atoms with Gasteiger partial charge in [-0.3, -0.25) is 4.79 Å². The summed E-state index contributed by atoms with van der Waals surface area (Å²) in [6.07, 6.45) is -0.669. The molecule has 0 spiro atoms. The highest BCUT2D eigenvalue weighted by molar-refractivity contribution is 6.15. The van der Waals surface area contributed by atoms with Gasteiger partial charge in [0.2, 0.25) is 7.98 Å². The first-order valence-corrected chi connectivity index (χ1v) is 6.60. The first kappa shape index (κ1) is 14.0. The van der Waals surface area contributed by atoms with Gasteiger partial charge in [0, 0.05) is 17.7 Å². The Bertz CT molecular complexity index is 915. The number of fused-ring (bicyclic) bond motifs is 2. The van der Waals surface area contributed by atoms with E-state index in [4.69, 9.17) is 9.15 Å². The van der Waals surface area contributed by atoms with Crippen molar-refractivity contribution in [2.45, 2.75) is 6.92 Å². The molecule has 0 aliphatic rings. The van der Waals surface area contributed by atoms with Crippen LogP contribution in [0, 0.1) is 0 Å². The summed E-state index contributed by atoms with van der Waals surface area (Å²) >= 11 is 0. The molecule has 1 heterocycles. The molecule has 110 valence electrons. The molecular weight excluding hydrogens is 285 g/mol. The molecule has 0 unspecified atom stereocenters. The molecule has 0 saturated carbocycles. The van der Waals surface area contributed by atoms with Crippen LogP contribution in [0.3, 0.4) is 0 Å². The second kappa shape index (κ2) is 5.11. The van der Waals surface area contributed by atoms with Crippen LogP contribution in [0.4, 0.5) is 4.79 Å². The van der Waals surface area contributed by atoms with Crippen molar-refractivity contribution in [3.05, 3.63) is 36.1 Å². The molecule has 2 N–H and O–H groups in total. The summed E-state index contributed by atoms with van der Waals surface area (Å²) in [7, 11) is 1.44. The van der Waals surface area contributed by atoms with Crippen LogP contribution in [-0.4, -0.2) is 25.0 Å². The van der Waals surface area contributed by atoms with Gasteiger partial charge in [0.05, 0.1) is 5.39 Å². The van der Waals surface area contributed by atoms with Crippen molar-refractivity contribution in [1.29, 1.82) is 0 Å². The summed E-state index contributed by atoms with van der Waals surface area (Å²) in [6.45, 7) is 1.35. The van der Waals surface area contributed by atoms with Crippen LogP contribution in [0.1, 0.15) is 17.5 Å². The minimum Gasteiger partial charge on any atom is -0.507 e. The minimum absolute atomic E-state index is 0.0221. The van der Waals surface area contributed by atoms with E-state index in [1.807, 2.05) is 0 Å². The molecule has 3 rings (SSSR count). The van der Waals surface area contributed by atoms with Crippen molar-refractivity contribution in [3.63, 3.8) is 0 Å². The van der Waals surface area contributed by atoms with E-state index in [1.165, 1.54) is 21.0 Å². The van der Waals surface area contributed by atoms with Gasteiger partial charge in [-0.2, -0.15) is 0 Å². The number of ketones is 1. The predicted molar refractivity (Wildman–Crippen MR) is 83.1 cm³/mol. The van der Waals surface area contributed by atoms with E-state index in [9.17, 15) is 14.7 Å². The van der Waals surface area contributed by atoms with Gasteiger partial charge in [0.25, 0.3) is 0 Å². The van der Waals surface area contributed by atoms with E-state index >= 15 is 0 Å². The van der Waals surface area contributed by atoms with Gasteiger partial charge in [-0.05, 0) is 6.07 Å². The van der Waals surface area contributed by atoms with Crippen molar-refractivity contribution in [3.8, 4) is 11.5 Å². The Hall–Kier alpha value is -2.96. The third-order valence-electron chi connectivity index (χ3n) is 3.37. The van der Waals surface area contributed by atoms with Crippen molar-refractivity contribution in [2.75, 3.05) is 0 Å². The Kier molecular flexibility index (Phi) is 3.25.